The van der Waals surface area contributed by atoms with Gasteiger partial charge in [-0.05, 0) is 18.2 Å². The summed E-state index contributed by atoms with van der Waals surface area (Å²) in [6.07, 6.45) is 0. The number of carbonyl (C=O) groups excluding carboxylic acids is 2. The van der Waals surface area contributed by atoms with Crippen LogP contribution in [-0.2, 0) is 4.79 Å². The number of anilines is 1. The summed E-state index contributed by atoms with van der Waals surface area (Å²) in [4.78, 5) is 24.7. The summed E-state index contributed by atoms with van der Waals surface area (Å²) in [5, 5.41) is 2.67. The van der Waals surface area contributed by atoms with Crippen LogP contribution in [0, 0.1) is 0 Å². The number of benzene rings is 1. The number of piperazine rings is 1. The summed E-state index contributed by atoms with van der Waals surface area (Å²) in [7, 11) is 0. The maximum atomic E-state index is 12.0. The summed E-state index contributed by atoms with van der Waals surface area (Å²) < 4.78 is 0. The number of amides is 2. The molecule has 0 bridgehead atoms. The number of carbonyl (C=O) groups is 2. The standard InChI is InChI=1S/C11H13N3O2/c12-9-3-1-2-8(6-9)11(16)14-5-4-13-10(15)7-14/h1-3,6H,4-5,7,12H2,(H,13,15). The van der Waals surface area contributed by atoms with E-state index in [4.69, 9.17) is 5.73 Å². The number of nitrogens with two attached hydrogens (primary N) is 1. The fourth-order valence-corrected chi connectivity index (χ4v) is 1.67. The van der Waals surface area contributed by atoms with E-state index >= 15 is 0 Å². The van der Waals surface area contributed by atoms with Crippen molar-refractivity contribution in [3.05, 3.63) is 29.8 Å². The fourth-order valence-electron chi connectivity index (χ4n) is 1.67. The zero-order chi connectivity index (χ0) is 11.5. The van der Waals surface area contributed by atoms with Crippen LogP contribution in [0.15, 0.2) is 24.3 Å². The van der Waals surface area contributed by atoms with Gasteiger partial charge in [0.25, 0.3) is 5.91 Å². The van der Waals surface area contributed by atoms with E-state index in [0.717, 1.165) is 0 Å². The van der Waals surface area contributed by atoms with Crippen molar-refractivity contribution in [1.82, 2.24) is 10.2 Å². The van der Waals surface area contributed by atoms with Crippen LogP contribution in [0.25, 0.3) is 0 Å². The normalized spacial score (nSPS) is 15.8. The van der Waals surface area contributed by atoms with Crippen LogP contribution in [0.4, 0.5) is 5.69 Å². The Hall–Kier alpha value is -2.04. The van der Waals surface area contributed by atoms with Crippen LogP contribution in [0.1, 0.15) is 10.4 Å². The molecule has 5 heteroatoms. The molecule has 16 heavy (non-hydrogen) atoms. The number of nitrogen functional groups attached to an aromatic ring is 1. The number of hydrogen-bond donors (Lipinski definition) is 2. The van der Waals surface area contributed by atoms with Crippen molar-refractivity contribution in [1.29, 1.82) is 0 Å². The molecule has 1 heterocycles. The van der Waals surface area contributed by atoms with Gasteiger partial charge in [-0.2, -0.15) is 0 Å². The van der Waals surface area contributed by atoms with Crippen molar-refractivity contribution < 1.29 is 9.59 Å². The van der Waals surface area contributed by atoms with Crippen LogP contribution >= 0.6 is 0 Å². The van der Waals surface area contributed by atoms with Gasteiger partial charge in [0.05, 0.1) is 6.54 Å². The molecule has 2 rings (SSSR count). The van der Waals surface area contributed by atoms with Crippen molar-refractivity contribution in [2.45, 2.75) is 0 Å². The monoisotopic (exact) mass is 219 g/mol. The molecule has 0 saturated carbocycles. The molecule has 0 atom stereocenters. The van der Waals surface area contributed by atoms with Gasteiger partial charge in [-0.3, -0.25) is 9.59 Å². The van der Waals surface area contributed by atoms with Crippen molar-refractivity contribution in [3.8, 4) is 0 Å². The molecule has 1 aliphatic rings. The molecule has 3 N–H and O–H groups in total. The second-order valence-electron chi connectivity index (χ2n) is 3.70. The molecule has 1 fully saturated rings. The van der Waals surface area contributed by atoms with Gasteiger partial charge in [0.2, 0.25) is 5.91 Å². The van der Waals surface area contributed by atoms with Crippen molar-refractivity contribution >= 4 is 17.5 Å². The van der Waals surface area contributed by atoms with E-state index in [1.165, 1.54) is 4.90 Å². The second-order valence-corrected chi connectivity index (χ2v) is 3.70. The van der Waals surface area contributed by atoms with E-state index in [-0.39, 0.29) is 18.4 Å². The Morgan fingerprint density at radius 2 is 2.25 bits per heavy atom. The Labute approximate surface area is 93.2 Å². The highest BCUT2D eigenvalue weighted by atomic mass is 16.2. The molecule has 0 unspecified atom stereocenters. The predicted octanol–water partition coefficient (Wildman–Crippen LogP) is -0.159. The predicted molar refractivity (Wildman–Crippen MR) is 59.8 cm³/mol. The number of hydrogen-bond acceptors (Lipinski definition) is 3. The van der Waals surface area contributed by atoms with Gasteiger partial charge in [0.1, 0.15) is 0 Å². The Morgan fingerprint density at radius 1 is 1.44 bits per heavy atom. The average Bonchev–Trinajstić information content (AvgIpc) is 2.28. The lowest BCUT2D eigenvalue weighted by atomic mass is 10.1. The molecule has 84 valence electrons. The molecule has 1 saturated heterocycles. The van der Waals surface area contributed by atoms with Gasteiger partial charge >= 0.3 is 0 Å². The maximum Gasteiger partial charge on any atom is 0.254 e. The average molecular weight is 219 g/mol. The summed E-state index contributed by atoms with van der Waals surface area (Å²) in [6.45, 7) is 1.17. The largest absolute Gasteiger partial charge is 0.399 e. The molecule has 0 aromatic heterocycles. The summed E-state index contributed by atoms with van der Waals surface area (Å²) >= 11 is 0. The number of nitrogens with zero attached hydrogens (tertiary/aromatic N) is 1. The SMILES string of the molecule is Nc1cccc(C(=O)N2CCNC(=O)C2)c1. The van der Waals surface area contributed by atoms with Crippen LogP contribution in [0.5, 0.6) is 0 Å². The summed E-state index contributed by atoms with van der Waals surface area (Å²) in [5.41, 5.74) is 6.67. The van der Waals surface area contributed by atoms with E-state index in [1.54, 1.807) is 24.3 Å². The summed E-state index contributed by atoms with van der Waals surface area (Å²) in [5.74, 6) is -0.273. The molecule has 5 nitrogen and oxygen atoms in total. The van der Waals surface area contributed by atoms with E-state index < -0.39 is 0 Å². The highest BCUT2D eigenvalue weighted by Crippen LogP contribution is 2.10. The second kappa shape index (κ2) is 4.22. The van der Waals surface area contributed by atoms with Gasteiger partial charge in [0.15, 0.2) is 0 Å². The van der Waals surface area contributed by atoms with E-state index in [1.807, 2.05) is 0 Å². The lowest BCUT2D eigenvalue weighted by molar-refractivity contribution is -0.123. The van der Waals surface area contributed by atoms with Crippen LogP contribution in [0.2, 0.25) is 0 Å². The quantitative estimate of drug-likeness (QED) is 0.644. The van der Waals surface area contributed by atoms with E-state index in [9.17, 15) is 9.59 Å². The molecule has 1 aromatic carbocycles. The van der Waals surface area contributed by atoms with Crippen molar-refractivity contribution in [3.63, 3.8) is 0 Å². The first-order valence-corrected chi connectivity index (χ1v) is 5.08. The fraction of sp³-hybridized carbons (Fsp3) is 0.273. The molecular formula is C11H13N3O2. The Kier molecular flexibility index (Phi) is 2.76. The van der Waals surface area contributed by atoms with Gasteiger partial charge in [-0.1, -0.05) is 6.07 Å². The molecule has 1 aromatic rings. The molecule has 1 aliphatic heterocycles. The zero-order valence-electron chi connectivity index (χ0n) is 8.77. The van der Waals surface area contributed by atoms with Crippen molar-refractivity contribution in [2.24, 2.45) is 0 Å². The highest BCUT2D eigenvalue weighted by Gasteiger charge is 2.21. The lowest BCUT2D eigenvalue weighted by Crippen LogP contribution is -2.49. The first kappa shape index (κ1) is 10.5. The smallest absolute Gasteiger partial charge is 0.254 e. The zero-order valence-corrected chi connectivity index (χ0v) is 8.77. The van der Waals surface area contributed by atoms with Gasteiger partial charge in [-0.15, -0.1) is 0 Å². The molecule has 0 spiro atoms. The third kappa shape index (κ3) is 2.13. The molecular weight excluding hydrogens is 206 g/mol. The van der Waals surface area contributed by atoms with Gasteiger partial charge in [0, 0.05) is 24.3 Å². The first-order chi connectivity index (χ1) is 7.66. The van der Waals surface area contributed by atoms with E-state index in [2.05, 4.69) is 5.32 Å². The van der Waals surface area contributed by atoms with Gasteiger partial charge in [-0.25, -0.2) is 0 Å². The lowest BCUT2D eigenvalue weighted by Gasteiger charge is -2.26. The van der Waals surface area contributed by atoms with Crippen LogP contribution < -0.4 is 11.1 Å². The molecule has 0 radical (unpaired) electrons. The minimum Gasteiger partial charge on any atom is -0.399 e. The van der Waals surface area contributed by atoms with Crippen LogP contribution in [-0.4, -0.2) is 36.3 Å². The minimum absolute atomic E-state index is 0.119. The van der Waals surface area contributed by atoms with Gasteiger partial charge < -0.3 is 16.0 Å². The Balaban J connectivity index is 2.15. The third-order valence-electron chi connectivity index (χ3n) is 2.46. The Morgan fingerprint density at radius 3 is 2.94 bits per heavy atom. The topological polar surface area (TPSA) is 75.4 Å². The number of nitrogens with one attached hydrogen (secondary N) is 1. The number of rotatable bonds is 1. The van der Waals surface area contributed by atoms with E-state index in [0.29, 0.717) is 24.3 Å². The Bertz CT molecular complexity index is 431. The molecule has 2 amide bonds. The maximum absolute atomic E-state index is 12.0. The van der Waals surface area contributed by atoms with Crippen molar-refractivity contribution in [2.75, 3.05) is 25.4 Å². The first-order valence-electron chi connectivity index (χ1n) is 5.08. The highest BCUT2D eigenvalue weighted by molar-refractivity contribution is 5.97. The molecule has 0 aliphatic carbocycles. The minimum atomic E-state index is -0.151. The third-order valence-corrected chi connectivity index (χ3v) is 2.46. The summed E-state index contributed by atoms with van der Waals surface area (Å²) in [6, 6.07) is 6.77. The van der Waals surface area contributed by atoms with Crippen LogP contribution in [0.3, 0.4) is 0 Å².